The standard InChI is InChI=1S/C16H19BrN2O/c1-3-16(2,8-9-17)19-15(20)13-6-7-14-12(11-13)5-4-10-18-14/h4-7,10-11H,3,8-9H2,1-2H3,(H,19,20). The highest BCUT2D eigenvalue weighted by molar-refractivity contribution is 9.09. The number of benzene rings is 1. The first-order valence-electron chi connectivity index (χ1n) is 6.81. The van der Waals surface area contributed by atoms with Crippen molar-refractivity contribution < 1.29 is 4.79 Å². The van der Waals surface area contributed by atoms with Crippen molar-refractivity contribution in [1.82, 2.24) is 10.3 Å². The van der Waals surface area contributed by atoms with E-state index in [-0.39, 0.29) is 11.4 Å². The van der Waals surface area contributed by atoms with Gasteiger partial charge in [0.2, 0.25) is 0 Å². The molecule has 106 valence electrons. The van der Waals surface area contributed by atoms with Crippen LogP contribution in [-0.4, -0.2) is 21.8 Å². The summed E-state index contributed by atoms with van der Waals surface area (Å²) < 4.78 is 0. The molecule has 1 aromatic heterocycles. The Morgan fingerprint density at radius 2 is 2.20 bits per heavy atom. The summed E-state index contributed by atoms with van der Waals surface area (Å²) in [7, 11) is 0. The van der Waals surface area contributed by atoms with E-state index in [1.165, 1.54) is 0 Å². The minimum atomic E-state index is -0.176. The van der Waals surface area contributed by atoms with E-state index < -0.39 is 0 Å². The Bertz CT molecular complexity index is 614. The van der Waals surface area contributed by atoms with Crippen LogP contribution in [0.15, 0.2) is 36.5 Å². The van der Waals surface area contributed by atoms with Gasteiger partial charge in [-0.05, 0) is 44.0 Å². The van der Waals surface area contributed by atoms with Gasteiger partial charge < -0.3 is 5.32 Å². The normalized spacial score (nSPS) is 13.9. The molecule has 1 N–H and O–H groups in total. The third-order valence-electron chi connectivity index (χ3n) is 3.71. The van der Waals surface area contributed by atoms with Gasteiger partial charge in [-0.1, -0.05) is 28.9 Å². The van der Waals surface area contributed by atoms with E-state index in [1.807, 2.05) is 30.3 Å². The summed E-state index contributed by atoms with van der Waals surface area (Å²) in [5.41, 5.74) is 1.41. The molecule has 3 nitrogen and oxygen atoms in total. The number of halogens is 1. The number of carbonyl (C=O) groups excluding carboxylic acids is 1. The lowest BCUT2D eigenvalue weighted by Gasteiger charge is -2.29. The van der Waals surface area contributed by atoms with Crippen molar-refractivity contribution in [2.24, 2.45) is 0 Å². The van der Waals surface area contributed by atoms with Crippen molar-refractivity contribution in [2.45, 2.75) is 32.2 Å². The van der Waals surface area contributed by atoms with Crippen LogP contribution in [0, 0.1) is 0 Å². The number of pyridine rings is 1. The summed E-state index contributed by atoms with van der Waals surface area (Å²) >= 11 is 3.45. The van der Waals surface area contributed by atoms with Crippen LogP contribution in [0.5, 0.6) is 0 Å². The van der Waals surface area contributed by atoms with Crippen LogP contribution >= 0.6 is 15.9 Å². The Hall–Kier alpha value is -1.42. The number of fused-ring (bicyclic) bond motifs is 1. The molecule has 0 saturated carbocycles. The molecule has 20 heavy (non-hydrogen) atoms. The lowest BCUT2D eigenvalue weighted by atomic mass is 9.95. The highest BCUT2D eigenvalue weighted by atomic mass is 79.9. The second-order valence-corrected chi connectivity index (χ2v) is 6.01. The predicted octanol–water partition coefficient (Wildman–Crippen LogP) is 3.92. The Morgan fingerprint density at radius 1 is 1.40 bits per heavy atom. The number of hydrogen-bond acceptors (Lipinski definition) is 2. The Labute approximate surface area is 127 Å². The Balaban J connectivity index is 2.22. The summed E-state index contributed by atoms with van der Waals surface area (Å²) in [5.74, 6) is -0.0268. The van der Waals surface area contributed by atoms with Gasteiger partial charge in [-0.15, -0.1) is 0 Å². The Morgan fingerprint density at radius 3 is 2.90 bits per heavy atom. The fraction of sp³-hybridized carbons (Fsp3) is 0.375. The fourth-order valence-electron chi connectivity index (χ4n) is 2.10. The van der Waals surface area contributed by atoms with Gasteiger partial charge >= 0.3 is 0 Å². The summed E-state index contributed by atoms with van der Waals surface area (Å²) in [6.07, 6.45) is 3.57. The maximum Gasteiger partial charge on any atom is 0.251 e. The zero-order valence-electron chi connectivity index (χ0n) is 11.8. The third kappa shape index (κ3) is 3.37. The smallest absolute Gasteiger partial charge is 0.251 e. The van der Waals surface area contributed by atoms with Crippen LogP contribution in [0.2, 0.25) is 0 Å². The molecule has 0 aliphatic rings. The molecule has 2 rings (SSSR count). The molecule has 0 radical (unpaired) electrons. The number of amides is 1. The van der Waals surface area contributed by atoms with Crippen LogP contribution in [0.25, 0.3) is 10.9 Å². The zero-order chi connectivity index (χ0) is 14.6. The highest BCUT2D eigenvalue weighted by Gasteiger charge is 2.24. The summed E-state index contributed by atoms with van der Waals surface area (Å²) in [6, 6.07) is 9.45. The van der Waals surface area contributed by atoms with Crippen molar-refractivity contribution in [3.05, 3.63) is 42.1 Å². The van der Waals surface area contributed by atoms with E-state index >= 15 is 0 Å². The molecule has 1 aromatic carbocycles. The molecule has 1 amide bonds. The fourth-order valence-corrected chi connectivity index (χ4v) is 2.97. The molecular formula is C16H19BrN2O. The van der Waals surface area contributed by atoms with Gasteiger partial charge in [0.1, 0.15) is 0 Å². The van der Waals surface area contributed by atoms with E-state index in [0.717, 1.165) is 29.1 Å². The largest absolute Gasteiger partial charge is 0.347 e. The van der Waals surface area contributed by atoms with Crippen molar-refractivity contribution >= 4 is 32.7 Å². The first kappa shape index (κ1) is 15.0. The molecule has 0 aliphatic carbocycles. The quantitative estimate of drug-likeness (QED) is 0.842. The second kappa shape index (κ2) is 6.35. The molecular weight excluding hydrogens is 316 g/mol. The number of alkyl halides is 1. The van der Waals surface area contributed by atoms with E-state index in [2.05, 4.69) is 40.1 Å². The van der Waals surface area contributed by atoms with Crippen LogP contribution in [0.4, 0.5) is 0 Å². The van der Waals surface area contributed by atoms with Crippen molar-refractivity contribution in [2.75, 3.05) is 5.33 Å². The summed E-state index contributed by atoms with van der Waals surface area (Å²) in [5, 5.41) is 4.99. The first-order valence-corrected chi connectivity index (χ1v) is 7.93. The first-order chi connectivity index (χ1) is 9.58. The maximum absolute atomic E-state index is 12.4. The molecule has 0 fully saturated rings. The molecule has 0 spiro atoms. The van der Waals surface area contributed by atoms with Gasteiger partial charge in [-0.2, -0.15) is 0 Å². The Kier molecular flexibility index (Phi) is 4.76. The SMILES string of the molecule is CCC(C)(CCBr)NC(=O)c1ccc2ncccc2c1. The molecule has 0 bridgehead atoms. The number of nitrogens with one attached hydrogen (secondary N) is 1. The average Bonchev–Trinajstić information content (AvgIpc) is 2.47. The van der Waals surface area contributed by atoms with Gasteiger partial charge in [-0.3, -0.25) is 9.78 Å². The van der Waals surface area contributed by atoms with Crippen LogP contribution in [0.1, 0.15) is 37.0 Å². The lowest BCUT2D eigenvalue weighted by molar-refractivity contribution is 0.0902. The number of aromatic nitrogens is 1. The number of hydrogen-bond donors (Lipinski definition) is 1. The number of rotatable bonds is 5. The minimum Gasteiger partial charge on any atom is -0.347 e. The molecule has 0 aliphatic heterocycles. The molecule has 1 unspecified atom stereocenters. The summed E-state index contributed by atoms with van der Waals surface area (Å²) in [4.78, 5) is 16.7. The summed E-state index contributed by atoms with van der Waals surface area (Å²) in [6.45, 7) is 4.17. The van der Waals surface area contributed by atoms with Crippen molar-refractivity contribution in [1.29, 1.82) is 0 Å². The van der Waals surface area contributed by atoms with Gasteiger partial charge in [0.05, 0.1) is 5.52 Å². The molecule has 1 heterocycles. The van der Waals surface area contributed by atoms with Crippen LogP contribution < -0.4 is 5.32 Å². The topological polar surface area (TPSA) is 42.0 Å². The zero-order valence-corrected chi connectivity index (χ0v) is 13.4. The number of carbonyl (C=O) groups is 1. The molecule has 4 heteroatoms. The van der Waals surface area contributed by atoms with Crippen molar-refractivity contribution in [3.63, 3.8) is 0 Å². The van der Waals surface area contributed by atoms with E-state index in [9.17, 15) is 4.79 Å². The molecule has 1 atom stereocenters. The average molecular weight is 335 g/mol. The van der Waals surface area contributed by atoms with Gasteiger partial charge in [0, 0.05) is 28.0 Å². The maximum atomic E-state index is 12.4. The van der Waals surface area contributed by atoms with Gasteiger partial charge in [0.25, 0.3) is 5.91 Å². The third-order valence-corrected chi connectivity index (χ3v) is 4.10. The molecule has 2 aromatic rings. The van der Waals surface area contributed by atoms with E-state index in [4.69, 9.17) is 0 Å². The minimum absolute atomic E-state index is 0.0268. The number of nitrogens with zero attached hydrogens (tertiary/aromatic N) is 1. The lowest BCUT2D eigenvalue weighted by Crippen LogP contribution is -2.45. The van der Waals surface area contributed by atoms with Gasteiger partial charge in [0.15, 0.2) is 0 Å². The predicted molar refractivity (Wildman–Crippen MR) is 86.3 cm³/mol. The molecule has 0 saturated heterocycles. The van der Waals surface area contributed by atoms with Crippen molar-refractivity contribution in [3.8, 4) is 0 Å². The van der Waals surface area contributed by atoms with E-state index in [1.54, 1.807) is 6.20 Å². The monoisotopic (exact) mass is 334 g/mol. The van der Waals surface area contributed by atoms with Crippen LogP contribution in [0.3, 0.4) is 0 Å². The van der Waals surface area contributed by atoms with E-state index in [0.29, 0.717) is 5.56 Å². The van der Waals surface area contributed by atoms with Crippen LogP contribution in [-0.2, 0) is 0 Å². The second-order valence-electron chi connectivity index (χ2n) is 5.22. The van der Waals surface area contributed by atoms with Gasteiger partial charge in [-0.25, -0.2) is 0 Å². The highest BCUT2D eigenvalue weighted by Crippen LogP contribution is 2.18.